The molecule has 17 heavy (non-hydrogen) atoms. The van der Waals surface area contributed by atoms with Crippen molar-refractivity contribution in [2.24, 2.45) is 7.05 Å². The lowest BCUT2D eigenvalue weighted by Crippen LogP contribution is -1.99. The molecule has 0 aliphatic rings. The lowest BCUT2D eigenvalue weighted by atomic mass is 10.2. The second-order valence-corrected chi connectivity index (χ2v) is 3.71. The Morgan fingerprint density at radius 2 is 2.24 bits per heavy atom. The van der Waals surface area contributed by atoms with Gasteiger partial charge in [0.1, 0.15) is 5.75 Å². The molecule has 0 saturated heterocycles. The number of aliphatic hydroxyl groups is 1. The van der Waals surface area contributed by atoms with Gasteiger partial charge in [-0.15, -0.1) is 0 Å². The number of hydrogen-bond acceptors (Lipinski definition) is 4. The van der Waals surface area contributed by atoms with Crippen molar-refractivity contribution in [2.75, 3.05) is 13.2 Å². The molecule has 0 fully saturated rings. The van der Waals surface area contributed by atoms with Gasteiger partial charge in [-0.3, -0.25) is 9.67 Å². The van der Waals surface area contributed by atoms with Crippen LogP contribution in [0.4, 0.5) is 0 Å². The van der Waals surface area contributed by atoms with E-state index in [1.54, 1.807) is 17.1 Å². The van der Waals surface area contributed by atoms with E-state index < -0.39 is 0 Å². The van der Waals surface area contributed by atoms with Gasteiger partial charge in [-0.2, -0.15) is 5.10 Å². The Morgan fingerprint density at radius 3 is 2.82 bits per heavy atom. The summed E-state index contributed by atoms with van der Waals surface area (Å²) in [5.41, 5.74) is 1.85. The summed E-state index contributed by atoms with van der Waals surface area (Å²) in [5.74, 6) is 0.714. The first kappa shape index (κ1) is 11.6. The molecule has 90 valence electrons. The molecule has 0 bridgehead atoms. The molecule has 5 heteroatoms. The number of ether oxygens (including phenoxy) is 1. The highest BCUT2D eigenvalue weighted by Crippen LogP contribution is 2.18. The van der Waals surface area contributed by atoms with Crippen molar-refractivity contribution in [3.05, 3.63) is 30.7 Å². The fourth-order valence-electron chi connectivity index (χ4n) is 1.44. The Labute approximate surface area is 99.7 Å². The van der Waals surface area contributed by atoms with Gasteiger partial charge in [-0.1, -0.05) is 0 Å². The number of aryl methyl sites for hydroxylation is 1. The fraction of sp³-hybridized carbons (Fsp3) is 0.333. The van der Waals surface area contributed by atoms with E-state index in [1.807, 2.05) is 25.4 Å². The summed E-state index contributed by atoms with van der Waals surface area (Å²) < 4.78 is 7.14. The maximum Gasteiger partial charge on any atom is 0.137 e. The molecule has 0 atom stereocenters. The van der Waals surface area contributed by atoms with Gasteiger partial charge in [0.25, 0.3) is 0 Å². The van der Waals surface area contributed by atoms with E-state index in [9.17, 15) is 0 Å². The summed E-state index contributed by atoms with van der Waals surface area (Å²) in [5, 5.41) is 12.7. The van der Waals surface area contributed by atoms with Gasteiger partial charge in [0.2, 0.25) is 0 Å². The summed E-state index contributed by atoms with van der Waals surface area (Å²) >= 11 is 0. The molecular weight excluding hydrogens is 218 g/mol. The van der Waals surface area contributed by atoms with Gasteiger partial charge in [0, 0.05) is 31.8 Å². The van der Waals surface area contributed by atoms with Crippen LogP contribution in [0.1, 0.15) is 6.42 Å². The quantitative estimate of drug-likeness (QED) is 0.789. The highest BCUT2D eigenvalue weighted by Gasteiger charge is 2.02. The van der Waals surface area contributed by atoms with Gasteiger partial charge >= 0.3 is 0 Å². The molecule has 1 N–H and O–H groups in total. The van der Waals surface area contributed by atoms with Gasteiger partial charge in [-0.05, 0) is 12.1 Å². The minimum atomic E-state index is 0.140. The number of nitrogens with zero attached hydrogens (tertiary/aromatic N) is 3. The Kier molecular flexibility index (Phi) is 3.72. The normalized spacial score (nSPS) is 10.5. The summed E-state index contributed by atoms with van der Waals surface area (Å²) in [6, 6.07) is 3.76. The van der Waals surface area contributed by atoms with Crippen molar-refractivity contribution in [3.8, 4) is 17.0 Å². The second kappa shape index (κ2) is 5.45. The van der Waals surface area contributed by atoms with Crippen LogP contribution < -0.4 is 4.74 Å². The van der Waals surface area contributed by atoms with Crippen LogP contribution in [0.2, 0.25) is 0 Å². The fourth-order valence-corrected chi connectivity index (χ4v) is 1.44. The SMILES string of the molecule is Cn1cc(-c2ccc(OCCCO)cn2)cn1. The minimum absolute atomic E-state index is 0.140. The molecule has 2 heterocycles. The summed E-state index contributed by atoms with van der Waals surface area (Å²) in [6.45, 7) is 0.644. The molecule has 0 aliphatic heterocycles. The number of pyridine rings is 1. The zero-order valence-electron chi connectivity index (χ0n) is 9.71. The van der Waals surface area contributed by atoms with Crippen molar-refractivity contribution in [3.63, 3.8) is 0 Å². The van der Waals surface area contributed by atoms with Gasteiger partial charge in [0.05, 0.1) is 24.7 Å². The van der Waals surface area contributed by atoms with Crippen molar-refractivity contribution >= 4 is 0 Å². The van der Waals surface area contributed by atoms with Crippen LogP contribution in [0.25, 0.3) is 11.3 Å². The molecule has 2 aromatic rings. The lowest BCUT2D eigenvalue weighted by Gasteiger charge is -2.04. The van der Waals surface area contributed by atoms with Crippen LogP contribution in [-0.2, 0) is 7.05 Å². The molecule has 5 nitrogen and oxygen atoms in total. The zero-order chi connectivity index (χ0) is 12.1. The zero-order valence-corrected chi connectivity index (χ0v) is 9.71. The van der Waals surface area contributed by atoms with E-state index in [-0.39, 0.29) is 6.61 Å². The average Bonchev–Trinajstić information content (AvgIpc) is 2.77. The molecule has 0 spiro atoms. The number of aromatic nitrogens is 3. The van der Waals surface area contributed by atoms with Crippen LogP contribution in [0.3, 0.4) is 0 Å². The first-order valence-corrected chi connectivity index (χ1v) is 5.48. The first-order valence-electron chi connectivity index (χ1n) is 5.48. The second-order valence-electron chi connectivity index (χ2n) is 3.71. The monoisotopic (exact) mass is 233 g/mol. The molecule has 0 unspecified atom stereocenters. The predicted molar refractivity (Wildman–Crippen MR) is 63.6 cm³/mol. The predicted octanol–water partition coefficient (Wildman–Crippen LogP) is 1.24. The maximum atomic E-state index is 8.63. The smallest absolute Gasteiger partial charge is 0.137 e. The van der Waals surface area contributed by atoms with Crippen molar-refractivity contribution < 1.29 is 9.84 Å². The van der Waals surface area contributed by atoms with Crippen molar-refractivity contribution in [2.45, 2.75) is 6.42 Å². The third kappa shape index (κ3) is 3.04. The largest absolute Gasteiger partial charge is 0.492 e. The third-order valence-electron chi connectivity index (χ3n) is 2.31. The summed E-state index contributed by atoms with van der Waals surface area (Å²) in [7, 11) is 1.87. The highest BCUT2D eigenvalue weighted by atomic mass is 16.5. The Morgan fingerprint density at radius 1 is 1.35 bits per heavy atom. The van der Waals surface area contributed by atoms with Gasteiger partial charge < -0.3 is 9.84 Å². The van der Waals surface area contributed by atoms with Crippen LogP contribution in [0.5, 0.6) is 5.75 Å². The molecule has 0 saturated carbocycles. The van der Waals surface area contributed by atoms with Crippen LogP contribution in [-0.4, -0.2) is 33.1 Å². The molecule has 2 aromatic heterocycles. The lowest BCUT2D eigenvalue weighted by molar-refractivity contribution is 0.233. The van der Waals surface area contributed by atoms with Crippen molar-refractivity contribution in [1.82, 2.24) is 14.8 Å². The molecule has 0 radical (unpaired) electrons. The van der Waals surface area contributed by atoms with E-state index in [0.717, 1.165) is 11.3 Å². The van der Waals surface area contributed by atoms with E-state index in [4.69, 9.17) is 9.84 Å². The van der Waals surface area contributed by atoms with E-state index >= 15 is 0 Å². The summed E-state index contributed by atoms with van der Waals surface area (Å²) in [6.07, 6.45) is 5.99. The first-order chi connectivity index (χ1) is 8.29. The van der Waals surface area contributed by atoms with Crippen molar-refractivity contribution in [1.29, 1.82) is 0 Å². The Bertz CT molecular complexity index is 465. The van der Waals surface area contributed by atoms with E-state index in [2.05, 4.69) is 10.1 Å². The van der Waals surface area contributed by atoms with Gasteiger partial charge in [0.15, 0.2) is 0 Å². The topological polar surface area (TPSA) is 60.2 Å². The number of aliphatic hydroxyl groups excluding tert-OH is 1. The standard InChI is InChI=1S/C12H15N3O2/c1-15-9-10(7-14-15)12-4-3-11(8-13-12)17-6-2-5-16/h3-4,7-9,16H,2,5-6H2,1H3. The van der Waals surface area contributed by atoms with Crippen LogP contribution in [0, 0.1) is 0 Å². The third-order valence-corrected chi connectivity index (χ3v) is 2.31. The minimum Gasteiger partial charge on any atom is -0.492 e. The maximum absolute atomic E-state index is 8.63. The van der Waals surface area contributed by atoms with E-state index in [1.165, 1.54) is 0 Å². The molecule has 0 aliphatic carbocycles. The Balaban J connectivity index is 2.02. The average molecular weight is 233 g/mol. The van der Waals surface area contributed by atoms with Gasteiger partial charge in [-0.25, -0.2) is 0 Å². The Hall–Kier alpha value is -1.88. The number of hydrogen-bond donors (Lipinski definition) is 1. The molecular formula is C12H15N3O2. The number of rotatable bonds is 5. The molecule has 2 rings (SSSR count). The van der Waals surface area contributed by atoms with Crippen LogP contribution in [0.15, 0.2) is 30.7 Å². The molecule has 0 amide bonds. The molecule has 0 aromatic carbocycles. The van der Waals surface area contributed by atoms with E-state index in [0.29, 0.717) is 18.8 Å². The summed E-state index contributed by atoms with van der Waals surface area (Å²) in [4.78, 5) is 4.30. The highest BCUT2D eigenvalue weighted by molar-refractivity contribution is 5.57. The van der Waals surface area contributed by atoms with Crippen LogP contribution >= 0.6 is 0 Å².